The Morgan fingerprint density at radius 1 is 0.750 bits per heavy atom. The maximum Gasteiger partial charge on any atom is 0.309 e. The fourth-order valence-corrected chi connectivity index (χ4v) is 9.09. The Labute approximate surface area is 192 Å². The third-order valence-electron chi connectivity index (χ3n) is 10.2. The summed E-state index contributed by atoms with van der Waals surface area (Å²) in [5.41, 5.74) is -0.409. The molecule has 0 heterocycles. The Morgan fingerprint density at radius 3 is 2.25 bits per heavy atom. The molecule has 11 atom stereocenters. The zero-order chi connectivity index (χ0) is 22.2. The molecular formula is C28H40O4. The van der Waals surface area contributed by atoms with Crippen LogP contribution in [0.15, 0.2) is 12.2 Å². The van der Waals surface area contributed by atoms with Gasteiger partial charge in [-0.1, -0.05) is 12.2 Å². The standard InChI is InChI=1S/C28H40O4/c1-28(2,3)32-26(29)19-7-4-16-12-21(9-8-15(16)10-19)31-27(30)23-14-20-13-22(23)25-18-6-5-17(11-18)24(20)25/h5-6,15-25H,4,7-14H2,1-3H3. The first kappa shape index (κ1) is 21.2. The van der Waals surface area contributed by atoms with E-state index in [0.717, 1.165) is 74.5 Å². The third-order valence-corrected chi connectivity index (χ3v) is 10.2. The number of esters is 2. The monoisotopic (exact) mass is 440 g/mol. The topological polar surface area (TPSA) is 52.6 Å². The van der Waals surface area contributed by atoms with Gasteiger partial charge in [-0.2, -0.15) is 0 Å². The molecule has 0 saturated heterocycles. The van der Waals surface area contributed by atoms with E-state index in [9.17, 15) is 9.59 Å². The Hall–Kier alpha value is -1.32. The highest BCUT2D eigenvalue weighted by atomic mass is 16.6. The number of fused-ring (bicyclic) bond motifs is 10. The fourth-order valence-electron chi connectivity index (χ4n) is 9.09. The molecule has 0 aromatic heterocycles. The van der Waals surface area contributed by atoms with Gasteiger partial charge < -0.3 is 9.47 Å². The zero-order valence-electron chi connectivity index (χ0n) is 20.0. The largest absolute Gasteiger partial charge is 0.462 e. The van der Waals surface area contributed by atoms with Crippen molar-refractivity contribution in [2.45, 2.75) is 90.3 Å². The van der Waals surface area contributed by atoms with E-state index in [-0.39, 0.29) is 29.9 Å². The van der Waals surface area contributed by atoms with Gasteiger partial charge in [0.25, 0.3) is 0 Å². The van der Waals surface area contributed by atoms with E-state index in [1.807, 2.05) is 20.8 Å². The maximum atomic E-state index is 13.2. The van der Waals surface area contributed by atoms with Crippen molar-refractivity contribution < 1.29 is 19.1 Å². The molecule has 176 valence electrons. The SMILES string of the molecule is CC(C)(C)OC(=O)C1CCC2CC(OC(=O)C3CC4CC3C3C5C=CC(C5)C43)CCC2C1. The molecule has 6 aliphatic carbocycles. The predicted octanol–water partition coefficient (Wildman–Crippen LogP) is 5.55. The van der Waals surface area contributed by atoms with E-state index in [4.69, 9.17) is 9.47 Å². The zero-order valence-corrected chi connectivity index (χ0v) is 20.0. The lowest BCUT2D eigenvalue weighted by Crippen LogP contribution is -2.40. The summed E-state index contributed by atoms with van der Waals surface area (Å²) < 4.78 is 11.8. The Bertz CT molecular complexity index is 809. The second-order valence-corrected chi connectivity index (χ2v) is 13.0. The quantitative estimate of drug-likeness (QED) is 0.328. The Morgan fingerprint density at radius 2 is 1.47 bits per heavy atom. The van der Waals surface area contributed by atoms with Crippen LogP contribution in [0.25, 0.3) is 0 Å². The normalized spacial score (nSPS) is 48.4. The molecule has 4 bridgehead atoms. The summed E-state index contributed by atoms with van der Waals surface area (Å²) in [5, 5.41) is 0. The molecule has 5 fully saturated rings. The van der Waals surface area contributed by atoms with Crippen molar-refractivity contribution in [3.63, 3.8) is 0 Å². The highest BCUT2D eigenvalue weighted by Crippen LogP contribution is 2.67. The first-order valence-electron chi connectivity index (χ1n) is 13.4. The lowest BCUT2D eigenvalue weighted by Gasteiger charge is -2.42. The fraction of sp³-hybridized carbons (Fsp3) is 0.857. The van der Waals surface area contributed by atoms with Gasteiger partial charge in [0.15, 0.2) is 0 Å². The number of hydrogen-bond donors (Lipinski definition) is 0. The van der Waals surface area contributed by atoms with E-state index in [1.54, 1.807) is 0 Å². The highest BCUT2D eigenvalue weighted by molar-refractivity contribution is 5.74. The number of allylic oxidation sites excluding steroid dienone is 2. The van der Waals surface area contributed by atoms with Gasteiger partial charge >= 0.3 is 11.9 Å². The lowest BCUT2D eigenvalue weighted by molar-refractivity contribution is -0.164. The van der Waals surface area contributed by atoms with Crippen LogP contribution in [0.4, 0.5) is 0 Å². The predicted molar refractivity (Wildman–Crippen MR) is 121 cm³/mol. The van der Waals surface area contributed by atoms with Gasteiger partial charge in [0.2, 0.25) is 0 Å². The van der Waals surface area contributed by atoms with Crippen molar-refractivity contribution in [1.82, 2.24) is 0 Å². The minimum atomic E-state index is -0.409. The molecule has 0 N–H and O–H groups in total. The molecule has 4 nitrogen and oxygen atoms in total. The number of carbonyl (C=O) groups is 2. The van der Waals surface area contributed by atoms with Gasteiger partial charge in [0.05, 0.1) is 11.8 Å². The van der Waals surface area contributed by atoms with Gasteiger partial charge in [-0.25, -0.2) is 0 Å². The molecule has 6 rings (SSSR count). The smallest absolute Gasteiger partial charge is 0.309 e. The Balaban J connectivity index is 1.02. The van der Waals surface area contributed by atoms with Crippen LogP contribution in [-0.4, -0.2) is 23.6 Å². The van der Waals surface area contributed by atoms with Crippen LogP contribution < -0.4 is 0 Å². The molecule has 0 aliphatic heterocycles. The molecular weight excluding hydrogens is 400 g/mol. The summed E-state index contributed by atoms with van der Waals surface area (Å²) in [5.74, 6) is 6.02. The van der Waals surface area contributed by atoms with Crippen molar-refractivity contribution in [2.24, 2.45) is 59.2 Å². The van der Waals surface area contributed by atoms with Crippen LogP contribution in [0.5, 0.6) is 0 Å². The first-order valence-corrected chi connectivity index (χ1v) is 13.4. The maximum absolute atomic E-state index is 13.2. The van der Waals surface area contributed by atoms with E-state index in [2.05, 4.69) is 12.2 Å². The minimum Gasteiger partial charge on any atom is -0.462 e. The minimum absolute atomic E-state index is 0.0189. The molecule has 0 amide bonds. The number of rotatable bonds is 3. The van der Waals surface area contributed by atoms with Gasteiger partial charge in [0, 0.05) is 0 Å². The van der Waals surface area contributed by atoms with Crippen LogP contribution in [0, 0.1) is 59.2 Å². The average Bonchev–Trinajstić information content (AvgIpc) is 3.51. The summed E-state index contributed by atoms with van der Waals surface area (Å²) in [6.45, 7) is 5.83. The van der Waals surface area contributed by atoms with Crippen LogP contribution in [-0.2, 0) is 19.1 Å². The van der Waals surface area contributed by atoms with E-state index in [1.165, 1.54) is 12.8 Å². The van der Waals surface area contributed by atoms with Gasteiger partial charge in [-0.05, 0) is 126 Å². The van der Waals surface area contributed by atoms with Crippen molar-refractivity contribution in [3.05, 3.63) is 12.2 Å². The van der Waals surface area contributed by atoms with Gasteiger partial charge in [-0.15, -0.1) is 0 Å². The number of ether oxygens (including phenoxy) is 2. The second kappa shape index (κ2) is 7.60. The molecule has 0 spiro atoms. The van der Waals surface area contributed by atoms with Crippen molar-refractivity contribution in [1.29, 1.82) is 0 Å². The van der Waals surface area contributed by atoms with Crippen LogP contribution in [0.2, 0.25) is 0 Å². The molecule has 6 aliphatic rings. The van der Waals surface area contributed by atoms with Gasteiger partial charge in [-0.3, -0.25) is 9.59 Å². The first-order chi connectivity index (χ1) is 15.3. The lowest BCUT2D eigenvalue weighted by atomic mass is 9.66. The molecule has 0 aromatic carbocycles. The summed E-state index contributed by atoms with van der Waals surface area (Å²) in [6.07, 6.45) is 14.7. The molecule has 11 unspecified atom stereocenters. The summed E-state index contributed by atoms with van der Waals surface area (Å²) in [7, 11) is 0. The number of hydrogen-bond acceptors (Lipinski definition) is 4. The summed E-state index contributed by atoms with van der Waals surface area (Å²) in [6, 6.07) is 0. The van der Waals surface area contributed by atoms with Crippen LogP contribution in [0.3, 0.4) is 0 Å². The summed E-state index contributed by atoms with van der Waals surface area (Å²) >= 11 is 0. The van der Waals surface area contributed by atoms with Crippen LogP contribution in [0.1, 0.15) is 78.6 Å². The third kappa shape index (κ3) is 3.55. The number of carbonyl (C=O) groups excluding carboxylic acids is 2. The molecule has 32 heavy (non-hydrogen) atoms. The molecule has 5 saturated carbocycles. The van der Waals surface area contributed by atoms with Crippen molar-refractivity contribution in [3.8, 4) is 0 Å². The van der Waals surface area contributed by atoms with Crippen molar-refractivity contribution >= 4 is 11.9 Å². The Kier molecular flexibility index (Phi) is 5.04. The molecule has 4 heteroatoms. The van der Waals surface area contributed by atoms with Crippen LogP contribution >= 0.6 is 0 Å². The van der Waals surface area contributed by atoms with E-state index in [0.29, 0.717) is 17.8 Å². The second-order valence-electron chi connectivity index (χ2n) is 13.0. The van der Waals surface area contributed by atoms with Crippen molar-refractivity contribution in [2.75, 3.05) is 0 Å². The molecule has 0 aromatic rings. The molecule has 0 radical (unpaired) electrons. The van der Waals surface area contributed by atoms with E-state index < -0.39 is 5.60 Å². The average molecular weight is 441 g/mol. The van der Waals surface area contributed by atoms with E-state index >= 15 is 0 Å². The summed E-state index contributed by atoms with van der Waals surface area (Å²) in [4.78, 5) is 25.8. The van der Waals surface area contributed by atoms with Gasteiger partial charge in [0.1, 0.15) is 11.7 Å². The highest BCUT2D eigenvalue weighted by Gasteiger charge is 2.62.